The first-order chi connectivity index (χ1) is 25.6. The maximum atomic E-state index is 12.7. The molecule has 6 heteroatoms. The van der Waals surface area contributed by atoms with Gasteiger partial charge in [-0.25, -0.2) is 0 Å². The molecule has 0 radical (unpaired) electrons. The number of hydrogen-bond acceptors (Lipinski definition) is 6. The molecule has 318 valence electrons. The van der Waals surface area contributed by atoms with Crippen LogP contribution in [0.25, 0.3) is 0 Å². The van der Waals surface area contributed by atoms with Gasteiger partial charge in [-0.3, -0.25) is 14.5 Å². The lowest BCUT2D eigenvalue weighted by Gasteiger charge is -2.22. The van der Waals surface area contributed by atoms with Crippen LogP contribution in [0.1, 0.15) is 185 Å². The standard InChI is InChI=1S/C48H92N2O4/c1-39(2)19-13-21-41(5)23-15-25-43(7)27-17-29-45(9)31-35-53-47(51)37-50(34-33-49(11)12)38-48(52)54-36-32-46(10)30-18-28-44(8)26-16-24-42(6)22-14-20-40(3)4/h31-32,39-44H,13-30,33-38H2,1-12H3/b45-31+,46-32+/t41-,42-,43-,44-/m1/s1. The van der Waals surface area contributed by atoms with Crippen molar-refractivity contribution >= 4 is 11.9 Å². The van der Waals surface area contributed by atoms with Crippen LogP contribution in [-0.4, -0.2) is 75.2 Å². The summed E-state index contributed by atoms with van der Waals surface area (Å²) >= 11 is 0. The van der Waals surface area contributed by atoms with Gasteiger partial charge in [0, 0.05) is 13.1 Å². The van der Waals surface area contributed by atoms with E-state index in [2.05, 4.69) is 74.1 Å². The van der Waals surface area contributed by atoms with E-state index >= 15 is 0 Å². The summed E-state index contributed by atoms with van der Waals surface area (Å²) < 4.78 is 11.1. The Hall–Kier alpha value is -1.66. The molecule has 0 spiro atoms. The Balaban J connectivity index is 4.37. The molecule has 0 unspecified atom stereocenters. The normalized spacial score (nSPS) is 15.0. The average molecular weight is 761 g/mol. The number of carbonyl (C=O) groups excluding carboxylic acids is 2. The Morgan fingerprint density at radius 3 is 1.11 bits per heavy atom. The molecule has 0 aromatic rings. The zero-order valence-electron chi connectivity index (χ0n) is 38.1. The molecule has 0 aliphatic rings. The van der Waals surface area contributed by atoms with Crippen molar-refractivity contribution in [2.45, 2.75) is 185 Å². The molecule has 0 bridgehead atoms. The molecular weight excluding hydrogens is 669 g/mol. The van der Waals surface area contributed by atoms with Crippen LogP contribution < -0.4 is 0 Å². The van der Waals surface area contributed by atoms with Crippen molar-refractivity contribution in [2.24, 2.45) is 35.5 Å². The third-order valence-electron chi connectivity index (χ3n) is 11.2. The van der Waals surface area contributed by atoms with Gasteiger partial charge in [0.05, 0.1) is 13.1 Å². The van der Waals surface area contributed by atoms with Crippen molar-refractivity contribution in [3.8, 4) is 0 Å². The van der Waals surface area contributed by atoms with Crippen molar-refractivity contribution in [1.29, 1.82) is 0 Å². The number of hydrogen-bond donors (Lipinski definition) is 0. The Morgan fingerprint density at radius 2 is 0.796 bits per heavy atom. The van der Waals surface area contributed by atoms with Crippen molar-refractivity contribution in [1.82, 2.24) is 9.80 Å². The molecule has 0 aliphatic heterocycles. The number of esters is 2. The third-order valence-corrected chi connectivity index (χ3v) is 11.2. The maximum absolute atomic E-state index is 12.7. The molecule has 0 heterocycles. The van der Waals surface area contributed by atoms with Crippen LogP contribution in [0.3, 0.4) is 0 Å². The van der Waals surface area contributed by atoms with Crippen LogP contribution in [0.5, 0.6) is 0 Å². The minimum absolute atomic E-state index is 0.0772. The summed E-state index contributed by atoms with van der Waals surface area (Å²) in [5.74, 6) is 4.25. The van der Waals surface area contributed by atoms with E-state index in [9.17, 15) is 9.59 Å². The Bertz CT molecular complexity index is 915. The topological polar surface area (TPSA) is 59.1 Å². The third kappa shape index (κ3) is 34.8. The van der Waals surface area contributed by atoms with E-state index < -0.39 is 0 Å². The molecule has 0 aliphatic carbocycles. The predicted molar refractivity (Wildman–Crippen MR) is 234 cm³/mol. The highest BCUT2D eigenvalue weighted by molar-refractivity contribution is 5.75. The summed E-state index contributed by atoms with van der Waals surface area (Å²) in [6, 6.07) is 0. The fraction of sp³-hybridized carbons (Fsp3) is 0.875. The summed E-state index contributed by atoms with van der Waals surface area (Å²) in [5.41, 5.74) is 2.54. The lowest BCUT2D eigenvalue weighted by Crippen LogP contribution is -2.40. The minimum atomic E-state index is -0.307. The highest BCUT2D eigenvalue weighted by atomic mass is 16.5. The zero-order valence-corrected chi connectivity index (χ0v) is 38.1. The second kappa shape index (κ2) is 33.5. The van der Waals surface area contributed by atoms with E-state index in [1.54, 1.807) is 0 Å². The Morgan fingerprint density at radius 1 is 0.481 bits per heavy atom. The van der Waals surface area contributed by atoms with Crippen molar-refractivity contribution < 1.29 is 19.1 Å². The van der Waals surface area contributed by atoms with Gasteiger partial charge in [0.1, 0.15) is 13.2 Å². The molecule has 0 saturated carbocycles. The van der Waals surface area contributed by atoms with E-state index in [-0.39, 0.29) is 38.2 Å². The highest BCUT2D eigenvalue weighted by Crippen LogP contribution is 2.23. The molecule has 0 saturated heterocycles. The quantitative estimate of drug-likeness (QED) is 0.0474. The van der Waals surface area contributed by atoms with E-state index in [1.165, 1.54) is 114 Å². The smallest absolute Gasteiger partial charge is 0.320 e. The van der Waals surface area contributed by atoms with E-state index in [0.29, 0.717) is 6.54 Å². The second-order valence-corrected chi connectivity index (χ2v) is 18.7. The van der Waals surface area contributed by atoms with Crippen molar-refractivity contribution in [3.63, 3.8) is 0 Å². The Labute approximate surface area is 337 Å². The summed E-state index contributed by atoms with van der Waals surface area (Å²) in [7, 11) is 3.98. The highest BCUT2D eigenvalue weighted by Gasteiger charge is 2.17. The van der Waals surface area contributed by atoms with Crippen LogP contribution in [0, 0.1) is 35.5 Å². The van der Waals surface area contributed by atoms with Crippen molar-refractivity contribution in [3.05, 3.63) is 23.3 Å². The largest absolute Gasteiger partial charge is 0.460 e. The van der Waals surface area contributed by atoms with Crippen LogP contribution in [-0.2, 0) is 19.1 Å². The molecule has 0 aromatic carbocycles. The zero-order chi connectivity index (χ0) is 40.7. The van der Waals surface area contributed by atoms with Gasteiger partial charge in [-0.1, -0.05) is 156 Å². The average Bonchev–Trinajstić information content (AvgIpc) is 3.06. The molecule has 54 heavy (non-hydrogen) atoms. The fourth-order valence-corrected chi connectivity index (χ4v) is 7.18. The second-order valence-electron chi connectivity index (χ2n) is 18.7. The molecule has 0 rings (SSSR count). The molecule has 0 aromatic heterocycles. The number of ether oxygens (including phenoxy) is 2. The van der Waals surface area contributed by atoms with Gasteiger partial charge in [-0.05, 0) is 101 Å². The summed E-state index contributed by atoms with van der Waals surface area (Å²) in [4.78, 5) is 29.3. The maximum Gasteiger partial charge on any atom is 0.320 e. The van der Waals surface area contributed by atoms with Gasteiger partial charge in [0.2, 0.25) is 0 Å². The first kappa shape index (κ1) is 52.3. The van der Waals surface area contributed by atoms with Gasteiger partial charge in [-0.2, -0.15) is 0 Å². The van der Waals surface area contributed by atoms with E-state index in [1.807, 2.05) is 31.1 Å². The lowest BCUT2D eigenvalue weighted by atomic mass is 9.91. The van der Waals surface area contributed by atoms with Gasteiger partial charge in [0.15, 0.2) is 0 Å². The Kier molecular flexibility index (Phi) is 32.4. The molecule has 4 atom stereocenters. The van der Waals surface area contributed by atoms with Gasteiger partial charge in [0.25, 0.3) is 0 Å². The predicted octanol–water partition coefficient (Wildman–Crippen LogP) is 12.7. The van der Waals surface area contributed by atoms with Crippen LogP contribution in [0.4, 0.5) is 0 Å². The number of allylic oxidation sites excluding steroid dienone is 2. The SMILES string of the molecule is C/C(=C\COC(=O)CN(CCN(C)C)CC(=O)OC/C=C(\C)CCC[C@H](C)CCC[C@H](C)CCCC(C)C)CCC[C@H](C)CCC[C@H](C)CCCC(C)C. The molecule has 6 nitrogen and oxygen atoms in total. The van der Waals surface area contributed by atoms with Crippen LogP contribution in [0.15, 0.2) is 23.3 Å². The number of likely N-dealkylation sites (N-methyl/N-ethyl adjacent to an activating group) is 1. The first-order valence-corrected chi connectivity index (χ1v) is 22.6. The molecule has 0 amide bonds. The van der Waals surface area contributed by atoms with Crippen molar-refractivity contribution in [2.75, 3.05) is 53.5 Å². The van der Waals surface area contributed by atoms with E-state index in [4.69, 9.17) is 9.47 Å². The summed E-state index contributed by atoms with van der Waals surface area (Å²) in [5, 5.41) is 0. The molecular formula is C48H92N2O4. The number of rotatable bonds is 35. The van der Waals surface area contributed by atoms with Gasteiger partial charge < -0.3 is 14.4 Å². The first-order valence-electron chi connectivity index (χ1n) is 22.6. The van der Waals surface area contributed by atoms with Gasteiger partial charge >= 0.3 is 11.9 Å². The molecule has 0 N–H and O–H groups in total. The van der Waals surface area contributed by atoms with Crippen LogP contribution >= 0.6 is 0 Å². The van der Waals surface area contributed by atoms with Gasteiger partial charge in [-0.15, -0.1) is 0 Å². The lowest BCUT2D eigenvalue weighted by molar-refractivity contribution is -0.147. The fourth-order valence-electron chi connectivity index (χ4n) is 7.18. The van der Waals surface area contributed by atoms with Crippen LogP contribution in [0.2, 0.25) is 0 Å². The summed E-state index contributed by atoms with van der Waals surface area (Å²) in [6.07, 6.45) is 27.2. The monoisotopic (exact) mass is 761 g/mol. The van der Waals surface area contributed by atoms with E-state index in [0.717, 1.165) is 54.9 Å². The number of carbonyl (C=O) groups is 2. The number of nitrogens with zero attached hydrogens (tertiary/aromatic N) is 2. The molecule has 0 fully saturated rings. The summed E-state index contributed by atoms with van der Waals surface area (Å²) in [6.45, 7) is 25.2. The minimum Gasteiger partial charge on any atom is -0.460 e.